The van der Waals surface area contributed by atoms with Crippen LogP contribution in [0.15, 0.2) is 58.7 Å². The summed E-state index contributed by atoms with van der Waals surface area (Å²) < 4.78 is 0. The van der Waals surface area contributed by atoms with E-state index in [-0.39, 0.29) is 11.1 Å². The van der Waals surface area contributed by atoms with Gasteiger partial charge in [0.1, 0.15) is 0 Å². The van der Waals surface area contributed by atoms with Crippen molar-refractivity contribution in [1.82, 2.24) is 0 Å². The number of hydrazone groups is 2. The average Bonchev–Trinajstić information content (AvgIpc) is 2.71. The predicted octanol–water partition coefficient (Wildman–Crippen LogP) is 1.47. The molecule has 2 aromatic rings. The van der Waals surface area contributed by atoms with Gasteiger partial charge in [0.15, 0.2) is 0 Å². The lowest BCUT2D eigenvalue weighted by Crippen LogP contribution is -2.22. The molecule has 28 heavy (non-hydrogen) atoms. The number of anilines is 2. The molecule has 0 aliphatic heterocycles. The van der Waals surface area contributed by atoms with Crippen molar-refractivity contribution in [1.29, 1.82) is 0 Å². The molecule has 8 heteroatoms. The zero-order valence-corrected chi connectivity index (χ0v) is 15.6. The Morgan fingerprint density at radius 2 is 1.04 bits per heavy atom. The first-order chi connectivity index (χ1) is 13.4. The maximum Gasteiger partial charge on any atom is 0.0836 e. The van der Waals surface area contributed by atoms with E-state index in [0.29, 0.717) is 24.2 Å². The van der Waals surface area contributed by atoms with Gasteiger partial charge in [-0.3, -0.25) is 10.9 Å². The summed E-state index contributed by atoms with van der Waals surface area (Å²) in [5, 5.41) is 30.3. The maximum absolute atomic E-state index is 10.8. The van der Waals surface area contributed by atoms with Gasteiger partial charge in [-0.25, -0.2) is 0 Å². The molecular weight excluding hydrogens is 360 g/mol. The van der Waals surface area contributed by atoms with Gasteiger partial charge in [0.2, 0.25) is 0 Å². The second kappa shape index (κ2) is 9.86. The highest BCUT2D eigenvalue weighted by Crippen LogP contribution is 2.11. The Bertz CT molecular complexity index is 812. The molecule has 0 saturated heterocycles. The van der Waals surface area contributed by atoms with Gasteiger partial charge in [0, 0.05) is 0 Å². The Kier molecular flexibility index (Phi) is 7.27. The van der Waals surface area contributed by atoms with Crippen molar-refractivity contribution in [3.8, 4) is 0 Å². The monoisotopic (exact) mass is 380 g/mol. The smallest absolute Gasteiger partial charge is 0.0836 e. The molecule has 2 rings (SSSR count). The first kappa shape index (κ1) is 20.6. The van der Waals surface area contributed by atoms with Gasteiger partial charge in [-0.05, 0) is 48.2 Å². The predicted molar refractivity (Wildman–Crippen MR) is 104 cm³/mol. The van der Waals surface area contributed by atoms with Crippen molar-refractivity contribution < 1.29 is 19.8 Å². The summed E-state index contributed by atoms with van der Waals surface area (Å²) in [6.07, 6.45) is 1.25. The van der Waals surface area contributed by atoms with E-state index in [4.69, 9.17) is 0 Å². The number of aromatic carboxylic acids is 2. The average molecular weight is 380 g/mol. The Labute approximate surface area is 162 Å². The SMILES string of the molecule is CCC(=N/Nc1ccc(C(=O)[O-])cc1)/C(CC)=N\Nc1ccc(C(=O)[O-])cc1. The van der Waals surface area contributed by atoms with Gasteiger partial charge >= 0.3 is 0 Å². The van der Waals surface area contributed by atoms with Crippen LogP contribution in [0.3, 0.4) is 0 Å². The van der Waals surface area contributed by atoms with Crippen LogP contribution in [-0.2, 0) is 0 Å². The first-order valence-corrected chi connectivity index (χ1v) is 8.72. The van der Waals surface area contributed by atoms with Gasteiger partial charge in [0.05, 0.1) is 34.7 Å². The lowest BCUT2D eigenvalue weighted by Gasteiger charge is -2.10. The highest BCUT2D eigenvalue weighted by Gasteiger charge is 2.06. The third-order valence-corrected chi connectivity index (χ3v) is 3.88. The summed E-state index contributed by atoms with van der Waals surface area (Å²) in [6, 6.07) is 12.1. The Morgan fingerprint density at radius 1 is 0.714 bits per heavy atom. The molecule has 0 unspecified atom stereocenters. The number of carboxylic acid groups (broad SMARTS) is 2. The van der Waals surface area contributed by atoms with Crippen molar-refractivity contribution in [2.45, 2.75) is 26.7 Å². The maximum atomic E-state index is 10.8. The molecule has 0 aliphatic carbocycles. The van der Waals surface area contributed by atoms with Crippen LogP contribution in [-0.4, -0.2) is 23.4 Å². The van der Waals surface area contributed by atoms with Crippen molar-refractivity contribution in [2.75, 3.05) is 10.9 Å². The first-order valence-electron chi connectivity index (χ1n) is 8.72. The van der Waals surface area contributed by atoms with Crippen molar-refractivity contribution in [2.24, 2.45) is 10.2 Å². The highest BCUT2D eigenvalue weighted by molar-refractivity contribution is 6.42. The topological polar surface area (TPSA) is 129 Å². The lowest BCUT2D eigenvalue weighted by molar-refractivity contribution is -0.256. The van der Waals surface area contributed by atoms with Crippen molar-refractivity contribution >= 4 is 34.7 Å². The van der Waals surface area contributed by atoms with E-state index in [2.05, 4.69) is 21.1 Å². The molecule has 146 valence electrons. The number of rotatable bonds is 9. The second-order valence-electron chi connectivity index (χ2n) is 5.78. The van der Waals surface area contributed by atoms with E-state index < -0.39 is 11.9 Å². The summed E-state index contributed by atoms with van der Waals surface area (Å²) >= 11 is 0. The minimum atomic E-state index is -1.23. The van der Waals surface area contributed by atoms with Crippen LogP contribution in [0.25, 0.3) is 0 Å². The van der Waals surface area contributed by atoms with E-state index in [1.165, 1.54) is 24.3 Å². The fraction of sp³-hybridized carbons (Fsp3) is 0.200. The fourth-order valence-corrected chi connectivity index (χ4v) is 2.32. The number of benzene rings is 2. The minimum Gasteiger partial charge on any atom is -0.545 e. The normalized spacial score (nSPS) is 11.8. The molecule has 0 saturated carbocycles. The lowest BCUT2D eigenvalue weighted by atomic mass is 10.1. The summed E-state index contributed by atoms with van der Waals surface area (Å²) in [7, 11) is 0. The van der Waals surface area contributed by atoms with Crippen LogP contribution < -0.4 is 21.1 Å². The molecule has 0 amide bonds. The molecule has 0 bridgehead atoms. The molecule has 0 aliphatic rings. The molecule has 0 heterocycles. The van der Waals surface area contributed by atoms with E-state index in [0.717, 1.165) is 11.4 Å². The number of nitrogens with one attached hydrogen (secondary N) is 2. The van der Waals surface area contributed by atoms with Gasteiger partial charge in [-0.2, -0.15) is 10.2 Å². The zero-order valence-electron chi connectivity index (χ0n) is 15.6. The van der Waals surface area contributed by atoms with Crippen molar-refractivity contribution in [3.63, 3.8) is 0 Å². The standard InChI is InChI=1S/C20H22N4O4/c1-3-17(23-21-15-9-5-13(6-10-15)19(25)26)18(4-2)24-22-16-11-7-14(8-12-16)20(27)28/h5-12,21-22H,3-4H2,1-2H3,(H,25,26)(H,27,28)/p-2/b23-17-,24-18-. The largest absolute Gasteiger partial charge is 0.545 e. The van der Waals surface area contributed by atoms with Crippen LogP contribution >= 0.6 is 0 Å². The third-order valence-electron chi connectivity index (χ3n) is 3.88. The van der Waals surface area contributed by atoms with Crippen molar-refractivity contribution in [3.05, 3.63) is 59.7 Å². The third kappa shape index (κ3) is 5.66. The van der Waals surface area contributed by atoms with E-state index in [1.54, 1.807) is 24.3 Å². The number of hydrogen-bond acceptors (Lipinski definition) is 8. The molecular formula is C20H20N4O4-2. The zero-order chi connectivity index (χ0) is 20.5. The molecule has 0 atom stereocenters. The number of hydrogen-bond donors (Lipinski definition) is 2. The minimum absolute atomic E-state index is 0.0925. The molecule has 2 aromatic carbocycles. The molecule has 0 radical (unpaired) electrons. The molecule has 0 aromatic heterocycles. The van der Waals surface area contributed by atoms with Crippen LogP contribution in [0.1, 0.15) is 47.4 Å². The molecule has 0 spiro atoms. The number of carbonyl (C=O) groups is 2. The highest BCUT2D eigenvalue weighted by atomic mass is 16.4. The van der Waals surface area contributed by atoms with E-state index in [1.807, 2.05) is 13.8 Å². The summed E-state index contributed by atoms with van der Waals surface area (Å²) in [4.78, 5) is 21.6. The molecule has 8 nitrogen and oxygen atoms in total. The fourth-order valence-electron chi connectivity index (χ4n) is 2.32. The van der Waals surface area contributed by atoms with Gasteiger partial charge in [-0.1, -0.05) is 38.1 Å². The molecule has 0 fully saturated rings. The summed E-state index contributed by atoms with van der Waals surface area (Å²) in [6.45, 7) is 3.89. The van der Waals surface area contributed by atoms with Crippen LogP contribution in [0.4, 0.5) is 11.4 Å². The Balaban J connectivity index is 2.10. The molecule has 2 N–H and O–H groups in total. The summed E-state index contributed by atoms with van der Waals surface area (Å²) in [5.74, 6) is -2.47. The second-order valence-corrected chi connectivity index (χ2v) is 5.78. The number of nitrogens with zero attached hydrogens (tertiary/aromatic N) is 2. The van der Waals surface area contributed by atoms with E-state index in [9.17, 15) is 19.8 Å². The Morgan fingerprint density at radius 3 is 1.29 bits per heavy atom. The quantitative estimate of drug-likeness (QED) is 0.501. The van der Waals surface area contributed by atoms with Gasteiger partial charge in [0.25, 0.3) is 0 Å². The van der Waals surface area contributed by atoms with Crippen LogP contribution in [0.5, 0.6) is 0 Å². The van der Waals surface area contributed by atoms with E-state index >= 15 is 0 Å². The van der Waals surface area contributed by atoms with Crippen LogP contribution in [0, 0.1) is 0 Å². The summed E-state index contributed by atoms with van der Waals surface area (Å²) in [5.41, 5.74) is 8.69. The number of carbonyl (C=O) groups excluding carboxylic acids is 2. The Hall–Kier alpha value is -3.68. The van der Waals surface area contributed by atoms with Gasteiger partial charge < -0.3 is 19.8 Å². The van der Waals surface area contributed by atoms with Gasteiger partial charge in [-0.15, -0.1) is 0 Å². The van der Waals surface area contributed by atoms with Crippen LogP contribution in [0.2, 0.25) is 0 Å². The number of carboxylic acids is 2.